The lowest BCUT2D eigenvalue weighted by Gasteiger charge is -2.20. The summed E-state index contributed by atoms with van der Waals surface area (Å²) in [4.78, 5) is 16.5. The zero-order valence-corrected chi connectivity index (χ0v) is 22.2. The molecule has 1 atom stereocenters. The number of anilines is 1. The highest BCUT2D eigenvalue weighted by molar-refractivity contribution is 6.31. The number of halogens is 1. The molecule has 6 nitrogen and oxygen atoms in total. The zero-order valence-electron chi connectivity index (χ0n) is 21.5. The van der Waals surface area contributed by atoms with Crippen LogP contribution in [0.4, 0.5) is 5.69 Å². The molecular formula is C31H31ClN2O4. The van der Waals surface area contributed by atoms with E-state index >= 15 is 0 Å². The fraction of sp³-hybridized carbons (Fsp3) is 0.226. The second kappa shape index (κ2) is 13.0. The predicted molar refractivity (Wildman–Crippen MR) is 154 cm³/mol. The van der Waals surface area contributed by atoms with Gasteiger partial charge in [-0.3, -0.25) is 0 Å². The van der Waals surface area contributed by atoms with Crippen molar-refractivity contribution in [2.45, 2.75) is 38.8 Å². The Morgan fingerprint density at radius 2 is 1.89 bits per heavy atom. The monoisotopic (exact) mass is 530 g/mol. The minimum Gasteiger partial charge on any atom is -0.493 e. The van der Waals surface area contributed by atoms with E-state index in [1.807, 2.05) is 85.8 Å². The van der Waals surface area contributed by atoms with Crippen molar-refractivity contribution in [2.75, 3.05) is 12.4 Å². The third-order valence-electron chi connectivity index (χ3n) is 6.13. The van der Waals surface area contributed by atoms with Gasteiger partial charge in [0.05, 0.1) is 18.3 Å². The van der Waals surface area contributed by atoms with E-state index in [2.05, 4.69) is 10.3 Å². The molecule has 2 N–H and O–H groups in total. The van der Waals surface area contributed by atoms with Crippen LogP contribution < -0.4 is 14.8 Å². The van der Waals surface area contributed by atoms with Gasteiger partial charge in [0.1, 0.15) is 0 Å². The first-order valence-electron chi connectivity index (χ1n) is 12.6. The number of methoxy groups -OCH3 is 1. The lowest BCUT2D eigenvalue weighted by molar-refractivity contribution is -0.145. The first-order chi connectivity index (χ1) is 18.5. The van der Waals surface area contributed by atoms with E-state index in [-0.39, 0.29) is 0 Å². The van der Waals surface area contributed by atoms with Gasteiger partial charge in [-0.15, -0.1) is 0 Å². The topological polar surface area (TPSA) is 80.7 Å². The van der Waals surface area contributed by atoms with Crippen LogP contribution in [0.15, 0.2) is 72.8 Å². The summed E-state index contributed by atoms with van der Waals surface area (Å²) in [5, 5.41) is 14.8. The average molecular weight is 531 g/mol. The number of para-hydroxylation sites is 1. The molecule has 0 saturated heterocycles. The molecule has 4 rings (SSSR count). The van der Waals surface area contributed by atoms with E-state index in [1.54, 1.807) is 13.2 Å². The summed E-state index contributed by atoms with van der Waals surface area (Å²) in [5.74, 6) is -0.0239. The van der Waals surface area contributed by atoms with Crippen LogP contribution in [0.3, 0.4) is 0 Å². The molecule has 7 heteroatoms. The fourth-order valence-electron chi connectivity index (χ4n) is 4.09. The van der Waals surface area contributed by atoms with E-state index in [0.29, 0.717) is 29.5 Å². The van der Waals surface area contributed by atoms with Crippen LogP contribution in [0, 0.1) is 0 Å². The quantitative estimate of drug-likeness (QED) is 0.195. The third kappa shape index (κ3) is 7.05. The summed E-state index contributed by atoms with van der Waals surface area (Å²) in [7, 11) is 1.55. The van der Waals surface area contributed by atoms with E-state index in [4.69, 9.17) is 21.1 Å². The number of nitrogens with zero attached hydrogens (tertiary/aromatic N) is 1. The minimum atomic E-state index is -0.980. The number of aliphatic carboxylic acids is 1. The molecule has 0 radical (unpaired) electrons. The first-order valence-corrected chi connectivity index (χ1v) is 13.0. The molecule has 1 aromatic heterocycles. The zero-order chi connectivity index (χ0) is 26.9. The summed E-state index contributed by atoms with van der Waals surface area (Å²) < 4.78 is 11.5. The van der Waals surface area contributed by atoms with Crippen molar-refractivity contribution < 1.29 is 19.4 Å². The standard InChI is InChI=1S/C31H31ClN2O4/c1-3-4-10-29(31(35)36)38-30-23(8-6-11-28(30)37-2)20-33-26-9-5-7-21(18-26)12-16-25-17-14-22-13-15-24(32)19-27(22)34-25/h5-9,11-19,29,33H,3-4,10,20H2,1-2H3,(H,35,36)/b16-12+. The molecule has 0 aliphatic carbocycles. The Labute approximate surface area is 227 Å². The Bertz CT molecular complexity index is 1440. The number of carbonyl (C=O) groups is 1. The summed E-state index contributed by atoms with van der Waals surface area (Å²) in [6, 6.07) is 23.2. The smallest absolute Gasteiger partial charge is 0.344 e. The number of ether oxygens (including phenoxy) is 2. The second-order valence-electron chi connectivity index (χ2n) is 8.92. The van der Waals surface area contributed by atoms with Crippen molar-refractivity contribution in [3.05, 3.63) is 94.6 Å². The Morgan fingerprint density at radius 3 is 2.68 bits per heavy atom. The molecule has 0 aliphatic heterocycles. The van der Waals surface area contributed by atoms with Crippen LogP contribution in [0.2, 0.25) is 5.02 Å². The van der Waals surface area contributed by atoms with E-state index < -0.39 is 12.1 Å². The third-order valence-corrected chi connectivity index (χ3v) is 6.36. The van der Waals surface area contributed by atoms with Crippen LogP contribution in [0.25, 0.3) is 23.1 Å². The largest absolute Gasteiger partial charge is 0.493 e. The molecule has 1 heterocycles. The van der Waals surface area contributed by atoms with Crippen molar-refractivity contribution in [1.29, 1.82) is 0 Å². The molecule has 4 aromatic rings. The molecule has 38 heavy (non-hydrogen) atoms. The van der Waals surface area contributed by atoms with Crippen molar-refractivity contribution in [3.8, 4) is 11.5 Å². The Hall–Kier alpha value is -4.03. The number of pyridine rings is 1. The van der Waals surface area contributed by atoms with Crippen molar-refractivity contribution >= 4 is 46.3 Å². The van der Waals surface area contributed by atoms with Gasteiger partial charge in [-0.2, -0.15) is 0 Å². The van der Waals surface area contributed by atoms with E-state index in [1.165, 1.54) is 0 Å². The van der Waals surface area contributed by atoms with Crippen LogP contribution in [-0.2, 0) is 11.3 Å². The van der Waals surface area contributed by atoms with Crippen LogP contribution in [-0.4, -0.2) is 29.3 Å². The summed E-state index contributed by atoms with van der Waals surface area (Å²) >= 11 is 6.11. The van der Waals surface area contributed by atoms with Gasteiger partial charge in [0, 0.05) is 28.2 Å². The SMILES string of the molecule is CCCCC(Oc1c(CNc2cccc(/C=C/c3ccc4ccc(Cl)cc4n3)c2)cccc1OC)C(=O)O. The second-order valence-corrected chi connectivity index (χ2v) is 9.36. The molecule has 0 saturated carbocycles. The molecule has 0 fully saturated rings. The maximum atomic E-state index is 11.8. The number of fused-ring (bicyclic) bond motifs is 1. The summed E-state index contributed by atoms with van der Waals surface area (Å²) in [5.41, 5.74) is 4.43. The number of carboxylic acids is 1. The normalized spacial score (nSPS) is 12.0. The Kier molecular flexibility index (Phi) is 9.22. The number of nitrogens with one attached hydrogen (secondary N) is 1. The van der Waals surface area contributed by atoms with Gasteiger partial charge >= 0.3 is 5.97 Å². The number of aromatic nitrogens is 1. The van der Waals surface area contributed by atoms with Crippen molar-refractivity contribution in [1.82, 2.24) is 4.98 Å². The number of rotatable bonds is 12. The Morgan fingerprint density at radius 1 is 1.08 bits per heavy atom. The number of unbranched alkanes of at least 4 members (excludes halogenated alkanes) is 1. The lowest BCUT2D eigenvalue weighted by Crippen LogP contribution is -2.27. The summed E-state index contributed by atoms with van der Waals surface area (Å²) in [6.07, 6.45) is 5.14. The van der Waals surface area contributed by atoms with Gasteiger partial charge in [-0.1, -0.05) is 67.4 Å². The maximum Gasteiger partial charge on any atom is 0.344 e. The molecule has 3 aromatic carbocycles. The van der Waals surface area contributed by atoms with E-state index in [0.717, 1.165) is 46.3 Å². The molecule has 0 spiro atoms. The van der Waals surface area contributed by atoms with Gasteiger partial charge in [0.25, 0.3) is 0 Å². The number of hydrogen-bond donors (Lipinski definition) is 2. The predicted octanol–water partition coefficient (Wildman–Crippen LogP) is 7.70. The molecule has 0 aliphatic rings. The van der Waals surface area contributed by atoms with Crippen LogP contribution in [0.5, 0.6) is 11.5 Å². The van der Waals surface area contributed by atoms with Gasteiger partial charge < -0.3 is 19.9 Å². The molecule has 0 bridgehead atoms. The summed E-state index contributed by atoms with van der Waals surface area (Å²) in [6.45, 7) is 2.46. The van der Waals surface area contributed by atoms with Crippen molar-refractivity contribution in [3.63, 3.8) is 0 Å². The highest BCUT2D eigenvalue weighted by atomic mass is 35.5. The Balaban J connectivity index is 1.49. The molecular weight excluding hydrogens is 500 g/mol. The van der Waals surface area contributed by atoms with Crippen LogP contribution >= 0.6 is 11.6 Å². The number of benzene rings is 3. The van der Waals surface area contributed by atoms with E-state index in [9.17, 15) is 9.90 Å². The van der Waals surface area contributed by atoms with Gasteiger partial charge in [0.2, 0.25) is 0 Å². The molecule has 196 valence electrons. The lowest BCUT2D eigenvalue weighted by atomic mass is 10.1. The number of carboxylic acid groups (broad SMARTS) is 1. The average Bonchev–Trinajstić information content (AvgIpc) is 2.93. The minimum absolute atomic E-state index is 0.435. The molecule has 1 unspecified atom stereocenters. The van der Waals surface area contributed by atoms with Gasteiger partial charge in [-0.25, -0.2) is 9.78 Å². The number of hydrogen-bond acceptors (Lipinski definition) is 5. The highest BCUT2D eigenvalue weighted by Gasteiger charge is 2.22. The van der Waals surface area contributed by atoms with Gasteiger partial charge in [-0.05, 0) is 60.9 Å². The first kappa shape index (κ1) is 27.0. The van der Waals surface area contributed by atoms with Crippen LogP contribution in [0.1, 0.15) is 43.0 Å². The highest BCUT2D eigenvalue weighted by Crippen LogP contribution is 2.33. The maximum absolute atomic E-state index is 11.8. The van der Waals surface area contributed by atoms with Crippen molar-refractivity contribution in [2.24, 2.45) is 0 Å². The fourth-order valence-corrected chi connectivity index (χ4v) is 4.26. The molecule has 0 amide bonds. The van der Waals surface area contributed by atoms with Gasteiger partial charge in [0.15, 0.2) is 17.6 Å².